The lowest BCUT2D eigenvalue weighted by Crippen LogP contribution is -2.36. The first-order chi connectivity index (χ1) is 11.6. The molecule has 0 aliphatic heterocycles. The number of benzene rings is 1. The van der Waals surface area contributed by atoms with E-state index in [0.29, 0.717) is 0 Å². The summed E-state index contributed by atoms with van der Waals surface area (Å²) in [6.07, 6.45) is 0. The second-order valence-electron chi connectivity index (χ2n) is 7.20. The molecule has 0 aliphatic carbocycles. The van der Waals surface area contributed by atoms with Gasteiger partial charge in [-0.1, -0.05) is 6.07 Å². The standard InChI is InChI=1S/C19H28N2O3S/c1-13-8-11-17(24-13)18(20-25(22)19(2,3)4)15-10-9-14(23-7)12-16(15)21(5)6/h8-12,18,20H,1-7H3. The fraction of sp³-hybridized carbons (Fsp3) is 0.474. The summed E-state index contributed by atoms with van der Waals surface area (Å²) in [4.78, 5) is 2.02. The number of rotatable bonds is 6. The van der Waals surface area contributed by atoms with Gasteiger partial charge in [0.15, 0.2) is 0 Å². The number of hydrogen-bond donors (Lipinski definition) is 1. The topological polar surface area (TPSA) is 54.7 Å². The molecule has 25 heavy (non-hydrogen) atoms. The molecule has 0 bridgehead atoms. The van der Waals surface area contributed by atoms with Crippen LogP contribution in [0.25, 0.3) is 0 Å². The Kier molecular flexibility index (Phi) is 5.95. The molecule has 2 atom stereocenters. The van der Waals surface area contributed by atoms with Crippen molar-refractivity contribution in [2.75, 3.05) is 26.1 Å². The highest BCUT2D eigenvalue weighted by Gasteiger charge is 2.28. The number of nitrogens with one attached hydrogen (secondary N) is 1. The van der Waals surface area contributed by atoms with Gasteiger partial charge in [0.2, 0.25) is 0 Å². The van der Waals surface area contributed by atoms with Crippen LogP contribution in [-0.4, -0.2) is 30.2 Å². The van der Waals surface area contributed by atoms with Crippen molar-refractivity contribution < 1.29 is 13.4 Å². The van der Waals surface area contributed by atoms with E-state index in [2.05, 4.69) is 4.72 Å². The van der Waals surface area contributed by atoms with E-state index in [1.807, 2.05) is 77.0 Å². The molecule has 1 aromatic carbocycles. The first-order valence-electron chi connectivity index (χ1n) is 8.23. The summed E-state index contributed by atoms with van der Waals surface area (Å²) >= 11 is 0. The zero-order chi connectivity index (χ0) is 18.8. The van der Waals surface area contributed by atoms with Crippen LogP contribution in [0.5, 0.6) is 5.75 Å². The monoisotopic (exact) mass is 364 g/mol. The third-order valence-electron chi connectivity index (χ3n) is 3.86. The van der Waals surface area contributed by atoms with Gasteiger partial charge < -0.3 is 14.1 Å². The minimum atomic E-state index is -1.25. The second kappa shape index (κ2) is 7.62. The van der Waals surface area contributed by atoms with Gasteiger partial charge in [-0.2, -0.15) is 0 Å². The first-order valence-corrected chi connectivity index (χ1v) is 9.38. The first kappa shape index (κ1) is 19.5. The largest absolute Gasteiger partial charge is 0.497 e. The minimum absolute atomic E-state index is 0.322. The molecule has 1 aromatic heterocycles. The Morgan fingerprint density at radius 1 is 1.20 bits per heavy atom. The van der Waals surface area contributed by atoms with Crippen molar-refractivity contribution in [2.45, 2.75) is 38.5 Å². The normalized spacial score (nSPS) is 14.2. The van der Waals surface area contributed by atoms with Crippen LogP contribution < -0.4 is 14.4 Å². The Bertz CT molecular complexity index is 747. The molecule has 2 aromatic rings. The zero-order valence-corrected chi connectivity index (χ0v) is 16.9. The molecule has 1 N–H and O–H groups in total. The summed E-state index contributed by atoms with van der Waals surface area (Å²) in [5, 5.41) is 0. The molecule has 0 spiro atoms. The maximum atomic E-state index is 12.8. The predicted octanol–water partition coefficient (Wildman–Crippen LogP) is 3.80. The lowest BCUT2D eigenvalue weighted by atomic mass is 10.0. The molecular weight excluding hydrogens is 336 g/mol. The van der Waals surface area contributed by atoms with Gasteiger partial charge in [-0.25, -0.2) is 8.93 Å². The number of hydrogen-bond acceptors (Lipinski definition) is 4. The van der Waals surface area contributed by atoms with Crippen molar-refractivity contribution in [2.24, 2.45) is 0 Å². The van der Waals surface area contributed by atoms with Crippen molar-refractivity contribution in [1.82, 2.24) is 4.72 Å². The molecule has 0 fully saturated rings. The minimum Gasteiger partial charge on any atom is -0.497 e. The van der Waals surface area contributed by atoms with Gasteiger partial charge >= 0.3 is 0 Å². The van der Waals surface area contributed by atoms with E-state index in [1.165, 1.54) is 0 Å². The number of furan rings is 1. The smallest absolute Gasteiger partial charge is 0.126 e. The molecule has 1 heterocycles. The van der Waals surface area contributed by atoms with Crippen LogP contribution in [0, 0.1) is 6.92 Å². The molecule has 0 amide bonds. The highest BCUT2D eigenvalue weighted by atomic mass is 32.2. The number of ether oxygens (including phenoxy) is 1. The summed E-state index contributed by atoms with van der Waals surface area (Å²) in [5.41, 5.74) is 1.97. The van der Waals surface area contributed by atoms with Gasteiger partial charge in [0.05, 0.1) is 22.8 Å². The summed E-state index contributed by atoms with van der Waals surface area (Å²) in [6.45, 7) is 7.74. The molecule has 5 nitrogen and oxygen atoms in total. The maximum absolute atomic E-state index is 12.8. The van der Waals surface area contributed by atoms with E-state index in [-0.39, 0.29) is 10.8 Å². The van der Waals surface area contributed by atoms with E-state index < -0.39 is 11.0 Å². The van der Waals surface area contributed by atoms with Gasteiger partial charge in [-0.15, -0.1) is 0 Å². The van der Waals surface area contributed by atoms with Crippen molar-refractivity contribution in [3.05, 3.63) is 47.4 Å². The van der Waals surface area contributed by atoms with Gasteiger partial charge in [-0.05, 0) is 45.9 Å². The Morgan fingerprint density at radius 3 is 2.36 bits per heavy atom. The maximum Gasteiger partial charge on any atom is 0.126 e. The SMILES string of the molecule is COc1ccc(C(NS(=O)C(C)(C)C)c2ccc(C)o2)c(N(C)C)c1. The van der Waals surface area contributed by atoms with Crippen molar-refractivity contribution in [3.8, 4) is 5.75 Å². The van der Waals surface area contributed by atoms with Crippen LogP contribution in [-0.2, 0) is 11.0 Å². The number of methoxy groups -OCH3 is 1. The molecule has 0 saturated carbocycles. The molecule has 6 heteroatoms. The van der Waals surface area contributed by atoms with Crippen LogP contribution >= 0.6 is 0 Å². The molecule has 0 saturated heterocycles. The zero-order valence-electron chi connectivity index (χ0n) is 16.0. The average Bonchev–Trinajstić information content (AvgIpc) is 2.97. The Morgan fingerprint density at radius 2 is 1.88 bits per heavy atom. The third kappa shape index (κ3) is 4.64. The lowest BCUT2D eigenvalue weighted by Gasteiger charge is -2.27. The molecule has 0 radical (unpaired) electrons. The molecule has 0 aliphatic rings. The van der Waals surface area contributed by atoms with Gasteiger partial charge in [0.1, 0.15) is 23.3 Å². The third-order valence-corrected chi connectivity index (χ3v) is 5.42. The van der Waals surface area contributed by atoms with E-state index in [1.54, 1.807) is 7.11 Å². The molecule has 138 valence electrons. The summed E-state index contributed by atoms with van der Waals surface area (Å²) < 4.78 is 26.8. The number of anilines is 1. The van der Waals surface area contributed by atoms with E-state index in [4.69, 9.17) is 9.15 Å². The van der Waals surface area contributed by atoms with Gasteiger partial charge in [0.25, 0.3) is 0 Å². The predicted molar refractivity (Wildman–Crippen MR) is 104 cm³/mol. The van der Waals surface area contributed by atoms with Gasteiger partial charge in [0, 0.05) is 31.4 Å². The fourth-order valence-corrected chi connectivity index (χ4v) is 3.26. The van der Waals surface area contributed by atoms with Crippen LogP contribution in [0.2, 0.25) is 0 Å². The van der Waals surface area contributed by atoms with Crippen molar-refractivity contribution >= 4 is 16.7 Å². The van der Waals surface area contributed by atoms with E-state index in [0.717, 1.165) is 28.5 Å². The summed E-state index contributed by atoms with van der Waals surface area (Å²) in [5.74, 6) is 2.34. The van der Waals surface area contributed by atoms with E-state index in [9.17, 15) is 4.21 Å². The molecular formula is C19H28N2O3S. The van der Waals surface area contributed by atoms with Crippen LogP contribution in [0.1, 0.15) is 43.9 Å². The second-order valence-corrected chi connectivity index (χ2v) is 9.20. The highest BCUT2D eigenvalue weighted by Crippen LogP contribution is 2.34. The quantitative estimate of drug-likeness (QED) is 0.847. The number of nitrogens with zero attached hydrogens (tertiary/aromatic N) is 1. The van der Waals surface area contributed by atoms with Crippen LogP contribution in [0.3, 0.4) is 0 Å². The van der Waals surface area contributed by atoms with E-state index >= 15 is 0 Å². The Balaban J connectivity index is 2.54. The Labute approximate surface area is 153 Å². The van der Waals surface area contributed by atoms with Crippen LogP contribution in [0.4, 0.5) is 5.69 Å². The summed E-state index contributed by atoms with van der Waals surface area (Å²) in [7, 11) is 4.35. The highest BCUT2D eigenvalue weighted by molar-refractivity contribution is 7.84. The fourth-order valence-electron chi connectivity index (χ4n) is 2.45. The molecule has 2 rings (SSSR count). The number of aryl methyl sites for hydroxylation is 1. The molecule has 2 unspecified atom stereocenters. The van der Waals surface area contributed by atoms with Crippen molar-refractivity contribution in [3.63, 3.8) is 0 Å². The Hall–Kier alpha value is -1.79. The van der Waals surface area contributed by atoms with Crippen LogP contribution in [0.15, 0.2) is 34.7 Å². The van der Waals surface area contributed by atoms with Crippen molar-refractivity contribution in [1.29, 1.82) is 0 Å². The lowest BCUT2D eigenvalue weighted by molar-refractivity contribution is 0.414. The average molecular weight is 365 g/mol. The summed E-state index contributed by atoms with van der Waals surface area (Å²) in [6, 6.07) is 9.40. The van der Waals surface area contributed by atoms with Gasteiger partial charge in [-0.3, -0.25) is 0 Å².